The van der Waals surface area contributed by atoms with Gasteiger partial charge in [0.15, 0.2) is 0 Å². The Balaban J connectivity index is 1.51. The highest BCUT2D eigenvalue weighted by Crippen LogP contribution is 2.34. The maximum atomic E-state index is 12.5. The van der Waals surface area contributed by atoms with Crippen molar-refractivity contribution in [1.29, 1.82) is 0 Å². The van der Waals surface area contributed by atoms with Gasteiger partial charge in [0.1, 0.15) is 0 Å². The van der Waals surface area contributed by atoms with Gasteiger partial charge in [-0.25, -0.2) is 4.68 Å². The fourth-order valence-corrected chi connectivity index (χ4v) is 3.47. The molecule has 1 amide bonds. The lowest BCUT2D eigenvalue weighted by Crippen LogP contribution is -2.44. The SMILES string of the molecule is CCC1(CO)CCN(C(=O)CCc2cnn(-c3ccccc3)c2)CC1. The lowest BCUT2D eigenvalue weighted by molar-refractivity contribution is -0.134. The van der Waals surface area contributed by atoms with Crippen LogP contribution in [0.15, 0.2) is 42.7 Å². The number of aliphatic hydroxyl groups is 1. The standard InChI is InChI=1S/C20H27N3O2/c1-2-20(16-24)10-12-22(13-11-20)19(25)9-8-17-14-21-23(15-17)18-6-4-3-5-7-18/h3-7,14-15,24H,2,8-13,16H2,1H3. The van der Waals surface area contributed by atoms with Gasteiger partial charge in [0.2, 0.25) is 5.91 Å². The van der Waals surface area contributed by atoms with Crippen molar-refractivity contribution in [3.8, 4) is 5.69 Å². The monoisotopic (exact) mass is 341 g/mol. The van der Waals surface area contributed by atoms with E-state index in [-0.39, 0.29) is 17.9 Å². The number of hydrogen-bond donors (Lipinski definition) is 1. The van der Waals surface area contributed by atoms with Gasteiger partial charge in [-0.05, 0) is 48.8 Å². The van der Waals surface area contributed by atoms with Crippen molar-refractivity contribution in [1.82, 2.24) is 14.7 Å². The molecule has 25 heavy (non-hydrogen) atoms. The van der Waals surface area contributed by atoms with E-state index >= 15 is 0 Å². The van der Waals surface area contributed by atoms with Crippen molar-refractivity contribution in [2.75, 3.05) is 19.7 Å². The first-order chi connectivity index (χ1) is 12.2. The van der Waals surface area contributed by atoms with Gasteiger partial charge in [0.05, 0.1) is 11.9 Å². The molecule has 1 aromatic carbocycles. The molecule has 134 valence electrons. The largest absolute Gasteiger partial charge is 0.396 e. The summed E-state index contributed by atoms with van der Waals surface area (Å²) in [6.07, 6.45) is 7.83. The molecule has 0 aliphatic carbocycles. The van der Waals surface area contributed by atoms with Gasteiger partial charge in [-0.3, -0.25) is 4.79 Å². The van der Waals surface area contributed by atoms with E-state index in [4.69, 9.17) is 0 Å². The third kappa shape index (κ3) is 4.10. The lowest BCUT2D eigenvalue weighted by atomic mass is 9.77. The summed E-state index contributed by atoms with van der Waals surface area (Å²) in [6.45, 7) is 3.87. The Morgan fingerprint density at radius 1 is 1.24 bits per heavy atom. The predicted octanol–water partition coefficient (Wildman–Crippen LogP) is 2.82. The van der Waals surface area contributed by atoms with Crippen LogP contribution in [-0.2, 0) is 11.2 Å². The van der Waals surface area contributed by atoms with Gasteiger partial charge >= 0.3 is 0 Å². The zero-order chi connectivity index (χ0) is 17.7. The minimum Gasteiger partial charge on any atom is -0.396 e. The average Bonchev–Trinajstić information content (AvgIpc) is 3.16. The summed E-state index contributed by atoms with van der Waals surface area (Å²) in [7, 11) is 0. The molecule has 0 radical (unpaired) electrons. The van der Waals surface area contributed by atoms with Crippen molar-refractivity contribution in [2.24, 2.45) is 5.41 Å². The minimum atomic E-state index is 0.0214. The van der Waals surface area contributed by atoms with E-state index in [0.29, 0.717) is 12.8 Å². The van der Waals surface area contributed by atoms with Crippen molar-refractivity contribution in [3.05, 3.63) is 48.3 Å². The molecule has 1 N–H and O–H groups in total. The number of aryl methyl sites for hydroxylation is 1. The molecule has 1 fully saturated rings. The Hall–Kier alpha value is -2.14. The Morgan fingerprint density at radius 2 is 1.96 bits per heavy atom. The summed E-state index contributed by atoms with van der Waals surface area (Å²) < 4.78 is 1.84. The molecule has 0 bridgehead atoms. The summed E-state index contributed by atoms with van der Waals surface area (Å²) in [5.41, 5.74) is 2.12. The molecule has 2 aromatic rings. The maximum Gasteiger partial charge on any atom is 0.222 e. The smallest absolute Gasteiger partial charge is 0.222 e. The number of nitrogens with zero attached hydrogens (tertiary/aromatic N) is 3. The first-order valence-electron chi connectivity index (χ1n) is 9.13. The Bertz CT molecular complexity index is 682. The highest BCUT2D eigenvalue weighted by Gasteiger charge is 2.33. The van der Waals surface area contributed by atoms with E-state index in [2.05, 4.69) is 12.0 Å². The second kappa shape index (κ2) is 7.83. The number of piperidine rings is 1. The number of amides is 1. The number of carbonyl (C=O) groups is 1. The van der Waals surface area contributed by atoms with Crippen molar-refractivity contribution < 1.29 is 9.90 Å². The quantitative estimate of drug-likeness (QED) is 0.879. The van der Waals surface area contributed by atoms with Crippen LogP contribution in [0.2, 0.25) is 0 Å². The number of aliphatic hydroxyl groups excluding tert-OH is 1. The fourth-order valence-electron chi connectivity index (χ4n) is 3.47. The van der Waals surface area contributed by atoms with Gasteiger partial charge in [-0.1, -0.05) is 25.1 Å². The molecule has 1 aliphatic rings. The van der Waals surface area contributed by atoms with Gasteiger partial charge < -0.3 is 10.0 Å². The van der Waals surface area contributed by atoms with Gasteiger partial charge in [-0.2, -0.15) is 5.10 Å². The summed E-state index contributed by atoms with van der Waals surface area (Å²) >= 11 is 0. The summed E-state index contributed by atoms with van der Waals surface area (Å²) in [6, 6.07) is 9.97. The second-order valence-electron chi connectivity index (χ2n) is 7.02. The predicted molar refractivity (Wildman–Crippen MR) is 97.5 cm³/mol. The molecule has 0 saturated carbocycles. The van der Waals surface area contributed by atoms with Gasteiger partial charge in [0.25, 0.3) is 0 Å². The van der Waals surface area contributed by atoms with Crippen LogP contribution in [-0.4, -0.2) is 45.4 Å². The molecule has 5 nitrogen and oxygen atoms in total. The molecule has 1 aliphatic heterocycles. The second-order valence-corrected chi connectivity index (χ2v) is 7.02. The van der Waals surface area contributed by atoms with Crippen LogP contribution >= 0.6 is 0 Å². The Labute approximate surface area is 149 Å². The summed E-state index contributed by atoms with van der Waals surface area (Å²) in [5.74, 6) is 0.204. The third-order valence-electron chi connectivity index (χ3n) is 5.55. The molecule has 1 aromatic heterocycles. The fraction of sp³-hybridized carbons (Fsp3) is 0.500. The van der Waals surface area contributed by atoms with Crippen LogP contribution in [0.3, 0.4) is 0 Å². The Morgan fingerprint density at radius 3 is 2.60 bits per heavy atom. The molecule has 5 heteroatoms. The van der Waals surface area contributed by atoms with E-state index in [9.17, 15) is 9.90 Å². The zero-order valence-electron chi connectivity index (χ0n) is 14.9. The molecule has 1 saturated heterocycles. The molecular formula is C20H27N3O2. The van der Waals surface area contributed by atoms with E-state index in [0.717, 1.165) is 43.6 Å². The maximum absolute atomic E-state index is 12.5. The first kappa shape index (κ1) is 17.7. The molecule has 0 spiro atoms. The van der Waals surface area contributed by atoms with Crippen molar-refractivity contribution in [2.45, 2.75) is 39.0 Å². The van der Waals surface area contributed by atoms with Crippen molar-refractivity contribution in [3.63, 3.8) is 0 Å². The molecular weight excluding hydrogens is 314 g/mol. The van der Waals surface area contributed by atoms with Crippen molar-refractivity contribution >= 4 is 5.91 Å². The van der Waals surface area contributed by atoms with Crippen LogP contribution in [0.5, 0.6) is 0 Å². The number of para-hydroxylation sites is 1. The van der Waals surface area contributed by atoms with Crippen LogP contribution in [0.1, 0.15) is 38.2 Å². The topological polar surface area (TPSA) is 58.4 Å². The molecule has 3 rings (SSSR count). The number of likely N-dealkylation sites (tertiary alicyclic amines) is 1. The van der Waals surface area contributed by atoms with E-state index in [1.807, 2.05) is 52.3 Å². The van der Waals surface area contributed by atoms with E-state index in [1.165, 1.54) is 0 Å². The van der Waals surface area contributed by atoms with Gasteiger partial charge in [-0.15, -0.1) is 0 Å². The highest BCUT2D eigenvalue weighted by atomic mass is 16.3. The molecule has 0 unspecified atom stereocenters. The third-order valence-corrected chi connectivity index (χ3v) is 5.55. The number of hydrogen-bond acceptors (Lipinski definition) is 3. The van der Waals surface area contributed by atoms with Crippen LogP contribution in [0.25, 0.3) is 5.69 Å². The summed E-state index contributed by atoms with van der Waals surface area (Å²) in [4.78, 5) is 14.4. The molecule has 0 atom stereocenters. The first-order valence-corrected chi connectivity index (χ1v) is 9.13. The number of rotatable bonds is 6. The van der Waals surface area contributed by atoms with E-state index in [1.54, 1.807) is 0 Å². The normalized spacial score (nSPS) is 16.8. The van der Waals surface area contributed by atoms with Gasteiger partial charge in [0, 0.05) is 32.3 Å². The minimum absolute atomic E-state index is 0.0214. The number of benzene rings is 1. The van der Waals surface area contributed by atoms with Crippen LogP contribution in [0.4, 0.5) is 0 Å². The zero-order valence-corrected chi connectivity index (χ0v) is 14.9. The van der Waals surface area contributed by atoms with E-state index < -0.39 is 0 Å². The molecule has 2 heterocycles. The van der Waals surface area contributed by atoms with Crippen LogP contribution < -0.4 is 0 Å². The average molecular weight is 341 g/mol. The highest BCUT2D eigenvalue weighted by molar-refractivity contribution is 5.76. The number of carbonyl (C=O) groups excluding carboxylic acids is 1. The lowest BCUT2D eigenvalue weighted by Gasteiger charge is -2.40. The van der Waals surface area contributed by atoms with Crippen LogP contribution in [0, 0.1) is 5.41 Å². The number of aromatic nitrogens is 2. The summed E-state index contributed by atoms with van der Waals surface area (Å²) in [5, 5.41) is 14.0. The Kier molecular flexibility index (Phi) is 5.53.